The molecule has 10 unspecified atom stereocenters. The number of carbonyl (C=O) groups excluding carboxylic acids is 2. The molecule has 1 aliphatic heterocycles. The monoisotopic (exact) mass is 602 g/mol. The molecule has 1 heterocycles. The molecule has 10 atom stereocenters. The van der Waals surface area contributed by atoms with Crippen molar-refractivity contribution in [3.05, 3.63) is 23.3 Å². The third-order valence-electron chi connectivity index (χ3n) is 13.0. The molecule has 0 spiro atoms. The Bertz CT molecular complexity index is 1180. The predicted molar refractivity (Wildman–Crippen MR) is 161 cm³/mol. The molecule has 0 radical (unpaired) electrons. The fourth-order valence-corrected chi connectivity index (χ4v) is 10.2. The number of ketones is 1. The van der Waals surface area contributed by atoms with Crippen molar-refractivity contribution in [3.63, 3.8) is 0 Å². The second-order valence-corrected chi connectivity index (χ2v) is 16.1. The van der Waals surface area contributed by atoms with Gasteiger partial charge in [0.05, 0.1) is 18.1 Å². The van der Waals surface area contributed by atoms with E-state index in [1.165, 1.54) is 0 Å². The minimum atomic E-state index is -1.55. The average Bonchev–Trinajstić information content (AvgIpc) is 3.19. The fraction of sp³-hybridized carbons (Fsp3) is 0.829. The number of carbonyl (C=O) groups is 2. The molecule has 3 fully saturated rings. The van der Waals surface area contributed by atoms with Crippen LogP contribution in [0.15, 0.2) is 23.3 Å². The number of aliphatic hydroxyl groups is 4. The van der Waals surface area contributed by atoms with Crippen LogP contribution in [0.4, 0.5) is 0 Å². The van der Waals surface area contributed by atoms with Crippen molar-refractivity contribution in [2.75, 3.05) is 6.61 Å². The van der Waals surface area contributed by atoms with Crippen molar-refractivity contribution in [2.24, 2.45) is 39.4 Å². The Hall–Kier alpha value is -1.58. The zero-order valence-electron chi connectivity index (χ0n) is 27.2. The van der Waals surface area contributed by atoms with Gasteiger partial charge in [0.2, 0.25) is 6.29 Å². The van der Waals surface area contributed by atoms with E-state index < -0.39 is 42.1 Å². The molecule has 0 aromatic carbocycles. The summed E-state index contributed by atoms with van der Waals surface area (Å²) in [5, 5.41) is 40.8. The Labute approximate surface area is 256 Å². The summed E-state index contributed by atoms with van der Waals surface area (Å²) in [7, 11) is 0. The van der Waals surface area contributed by atoms with Crippen molar-refractivity contribution < 1.29 is 39.5 Å². The normalized spacial score (nSPS) is 43.7. The molecule has 5 aliphatic rings. The summed E-state index contributed by atoms with van der Waals surface area (Å²) in [6.07, 6.45) is 5.55. The van der Waals surface area contributed by atoms with E-state index in [2.05, 4.69) is 34.6 Å². The van der Waals surface area contributed by atoms with Gasteiger partial charge in [-0.2, -0.15) is 0 Å². The Balaban J connectivity index is 1.46. The highest BCUT2D eigenvalue weighted by Crippen LogP contribution is 2.72. The van der Waals surface area contributed by atoms with Gasteiger partial charge in [0.15, 0.2) is 0 Å². The van der Waals surface area contributed by atoms with Gasteiger partial charge in [-0.25, -0.2) is 0 Å². The summed E-state index contributed by atoms with van der Waals surface area (Å²) in [6.45, 7) is 14.6. The van der Waals surface area contributed by atoms with Gasteiger partial charge < -0.3 is 29.9 Å². The van der Waals surface area contributed by atoms with Crippen LogP contribution in [0, 0.1) is 39.4 Å². The van der Waals surface area contributed by atoms with Gasteiger partial charge in [0.1, 0.15) is 24.1 Å². The number of hydrogen-bond donors (Lipinski definition) is 4. The first-order valence-corrected chi connectivity index (χ1v) is 16.4. The van der Waals surface area contributed by atoms with Crippen molar-refractivity contribution in [1.82, 2.24) is 0 Å². The number of rotatable bonds is 6. The zero-order valence-corrected chi connectivity index (χ0v) is 27.2. The minimum absolute atomic E-state index is 0.00310. The SMILES string of the molecule is CC(C)(O)C=CCC(C(=O)OC1OCC(O)C(O)C1O)C1CCC2(C)C3=C(CCC12C)C1(C)CCC(=O)C(C)(C)C1CC3. The topological polar surface area (TPSA) is 134 Å². The van der Waals surface area contributed by atoms with E-state index in [4.69, 9.17) is 9.47 Å². The first-order valence-electron chi connectivity index (χ1n) is 16.4. The van der Waals surface area contributed by atoms with Crippen LogP contribution in [-0.4, -0.2) is 69.0 Å². The highest BCUT2D eigenvalue weighted by molar-refractivity contribution is 5.85. The van der Waals surface area contributed by atoms with E-state index in [1.807, 2.05) is 6.08 Å². The maximum Gasteiger partial charge on any atom is 0.311 e. The lowest BCUT2D eigenvalue weighted by atomic mass is 9.43. The van der Waals surface area contributed by atoms with Gasteiger partial charge in [0, 0.05) is 11.8 Å². The van der Waals surface area contributed by atoms with Crippen molar-refractivity contribution in [1.29, 1.82) is 0 Å². The summed E-state index contributed by atoms with van der Waals surface area (Å²) in [6, 6.07) is 0. The number of ether oxygens (including phenoxy) is 2. The van der Waals surface area contributed by atoms with Crippen molar-refractivity contribution >= 4 is 11.8 Å². The third-order valence-corrected chi connectivity index (χ3v) is 13.0. The molecule has 8 heteroatoms. The molecule has 43 heavy (non-hydrogen) atoms. The van der Waals surface area contributed by atoms with Crippen LogP contribution in [-0.2, 0) is 19.1 Å². The second kappa shape index (κ2) is 11.0. The maximum absolute atomic E-state index is 13.9. The molecule has 0 amide bonds. The third kappa shape index (κ3) is 5.27. The van der Waals surface area contributed by atoms with Crippen LogP contribution >= 0.6 is 0 Å². The molecule has 8 nitrogen and oxygen atoms in total. The highest BCUT2D eigenvalue weighted by Gasteiger charge is 2.64. The Morgan fingerprint density at radius 1 is 1.00 bits per heavy atom. The predicted octanol–water partition coefficient (Wildman–Crippen LogP) is 4.62. The molecule has 5 rings (SSSR count). The van der Waals surface area contributed by atoms with Gasteiger partial charge >= 0.3 is 5.97 Å². The molecule has 1 saturated heterocycles. The van der Waals surface area contributed by atoms with Crippen molar-refractivity contribution in [3.8, 4) is 0 Å². The fourth-order valence-electron chi connectivity index (χ4n) is 10.2. The number of allylic oxidation sites excluding steroid dienone is 3. The van der Waals surface area contributed by atoms with E-state index in [9.17, 15) is 30.0 Å². The highest BCUT2D eigenvalue weighted by atomic mass is 16.7. The summed E-state index contributed by atoms with van der Waals surface area (Å²) in [5.41, 5.74) is 1.52. The average molecular weight is 603 g/mol. The van der Waals surface area contributed by atoms with Gasteiger partial charge in [-0.05, 0) is 93.3 Å². The van der Waals surface area contributed by atoms with E-state index in [1.54, 1.807) is 31.1 Å². The lowest BCUT2D eigenvalue weighted by Crippen LogP contribution is -2.55. The van der Waals surface area contributed by atoms with Crippen LogP contribution in [0.3, 0.4) is 0 Å². The molecule has 0 aromatic heterocycles. The molecule has 4 aliphatic carbocycles. The smallest absolute Gasteiger partial charge is 0.311 e. The molecular weight excluding hydrogens is 548 g/mol. The Morgan fingerprint density at radius 3 is 2.37 bits per heavy atom. The lowest BCUT2D eigenvalue weighted by Gasteiger charge is -2.60. The molecule has 242 valence electrons. The standard InChI is InChI=1S/C35H54O8/c1-31(2,41)15-8-9-20(29(40)43-30-28(39)27(38)24(36)19-42-30)21-12-17-35(7)23-10-11-25-32(3,4)26(37)14-16-33(25,5)22(23)13-18-34(21,35)6/h8,15,20-21,24-25,27-28,30,36,38-39,41H,9-14,16-19H2,1-7H3. The Morgan fingerprint density at radius 2 is 1.70 bits per heavy atom. The molecule has 0 aromatic rings. The van der Waals surface area contributed by atoms with Crippen LogP contribution in [0.5, 0.6) is 0 Å². The number of fused-ring (bicyclic) bond motifs is 4. The largest absolute Gasteiger partial charge is 0.433 e. The van der Waals surface area contributed by atoms with Crippen LogP contribution in [0.2, 0.25) is 0 Å². The van der Waals surface area contributed by atoms with Crippen molar-refractivity contribution in [2.45, 2.75) is 136 Å². The molecule has 0 bridgehead atoms. The summed E-state index contributed by atoms with van der Waals surface area (Å²) < 4.78 is 11.2. The molecule has 4 N–H and O–H groups in total. The van der Waals surface area contributed by atoms with E-state index >= 15 is 0 Å². The minimum Gasteiger partial charge on any atom is -0.433 e. The number of aliphatic hydroxyl groups excluding tert-OH is 3. The number of hydrogen-bond acceptors (Lipinski definition) is 8. The van der Waals surface area contributed by atoms with Crippen LogP contribution < -0.4 is 0 Å². The van der Waals surface area contributed by atoms with E-state index in [0.717, 1.165) is 44.9 Å². The zero-order chi connectivity index (χ0) is 31.8. The van der Waals surface area contributed by atoms with Crippen LogP contribution in [0.1, 0.15) is 106 Å². The van der Waals surface area contributed by atoms with Gasteiger partial charge in [-0.3, -0.25) is 9.59 Å². The maximum atomic E-state index is 13.9. The molecule has 2 saturated carbocycles. The lowest BCUT2D eigenvalue weighted by molar-refractivity contribution is -0.265. The quantitative estimate of drug-likeness (QED) is 0.256. The van der Waals surface area contributed by atoms with Crippen LogP contribution in [0.25, 0.3) is 0 Å². The number of Topliss-reactive ketones (excluding diaryl/α,β-unsaturated/α-hetero) is 1. The van der Waals surface area contributed by atoms with E-state index in [0.29, 0.717) is 24.5 Å². The molecular formula is C35H54O8. The van der Waals surface area contributed by atoms with Gasteiger partial charge in [0.25, 0.3) is 0 Å². The summed E-state index contributed by atoms with van der Waals surface area (Å²) in [4.78, 5) is 26.9. The van der Waals surface area contributed by atoms with E-state index in [-0.39, 0.29) is 34.2 Å². The van der Waals surface area contributed by atoms with Gasteiger partial charge in [-0.1, -0.05) is 57.9 Å². The first kappa shape index (κ1) is 32.8. The summed E-state index contributed by atoms with van der Waals surface area (Å²) in [5.74, 6) is -0.300. The van der Waals surface area contributed by atoms with Gasteiger partial charge in [-0.15, -0.1) is 0 Å². The Kier molecular flexibility index (Phi) is 8.42. The number of esters is 1. The summed E-state index contributed by atoms with van der Waals surface area (Å²) >= 11 is 0. The first-order chi connectivity index (χ1) is 19.9. The second-order valence-electron chi connectivity index (χ2n) is 16.1.